The number of para-hydroxylation sites is 1. The zero-order chi connectivity index (χ0) is 15.1. The van der Waals surface area contributed by atoms with Gasteiger partial charge in [0.15, 0.2) is 0 Å². The summed E-state index contributed by atoms with van der Waals surface area (Å²) in [5.74, 6) is 0.560. The van der Waals surface area contributed by atoms with Gasteiger partial charge in [-0.3, -0.25) is 4.79 Å². The molecule has 0 atom stereocenters. The number of amidine groups is 1. The van der Waals surface area contributed by atoms with E-state index in [1.54, 1.807) is 24.3 Å². The number of rotatable bonds is 4. The molecule has 0 aliphatic heterocycles. The van der Waals surface area contributed by atoms with E-state index in [1.807, 2.05) is 6.07 Å². The molecule has 0 bridgehead atoms. The third-order valence-electron chi connectivity index (χ3n) is 3.60. The van der Waals surface area contributed by atoms with Gasteiger partial charge in [0.25, 0.3) is 0 Å². The molecule has 1 aliphatic rings. The molecule has 0 saturated heterocycles. The van der Waals surface area contributed by atoms with E-state index in [0.29, 0.717) is 5.75 Å². The van der Waals surface area contributed by atoms with Crippen LogP contribution in [0, 0.1) is 5.92 Å². The predicted octanol–water partition coefficient (Wildman–Crippen LogP) is 3.08. The van der Waals surface area contributed by atoms with Gasteiger partial charge in [0.2, 0.25) is 0 Å². The van der Waals surface area contributed by atoms with Crippen molar-refractivity contribution in [2.24, 2.45) is 16.6 Å². The van der Waals surface area contributed by atoms with Crippen molar-refractivity contribution >= 4 is 17.7 Å². The fourth-order valence-corrected chi connectivity index (χ4v) is 2.52. The van der Waals surface area contributed by atoms with Gasteiger partial charge in [0.05, 0.1) is 6.42 Å². The van der Waals surface area contributed by atoms with E-state index in [9.17, 15) is 9.59 Å². The normalized spacial score (nSPS) is 16.5. The van der Waals surface area contributed by atoms with Gasteiger partial charge in [-0.1, -0.05) is 37.5 Å². The minimum atomic E-state index is -0.796. The first kappa shape index (κ1) is 15.2. The molecule has 21 heavy (non-hydrogen) atoms. The standard InChI is InChI=1S/C16H20N2O3/c17-15(11-14(19)12-7-3-1-4-8-12)18-16(20)21-13-9-5-2-6-10-13/h2,5-6,9-10,12H,1,3-4,7-8,11H2,(H2,17,18,20). The number of amides is 1. The SMILES string of the molecule is NC(CC(=O)C1CCCCC1)=NC(=O)Oc1ccccc1. The summed E-state index contributed by atoms with van der Waals surface area (Å²) < 4.78 is 4.99. The topological polar surface area (TPSA) is 81.8 Å². The molecule has 5 nitrogen and oxygen atoms in total. The Morgan fingerprint density at radius 3 is 2.48 bits per heavy atom. The maximum atomic E-state index is 12.0. The molecule has 2 rings (SSSR count). The Balaban J connectivity index is 1.85. The number of carbonyl (C=O) groups excluding carboxylic acids is 2. The van der Waals surface area contributed by atoms with Crippen molar-refractivity contribution in [1.82, 2.24) is 0 Å². The Hall–Kier alpha value is -2.17. The maximum absolute atomic E-state index is 12.0. The smallest absolute Gasteiger partial charge is 0.409 e. The van der Waals surface area contributed by atoms with Crippen molar-refractivity contribution in [2.45, 2.75) is 38.5 Å². The van der Waals surface area contributed by atoms with Crippen molar-refractivity contribution in [1.29, 1.82) is 0 Å². The number of ether oxygens (including phenoxy) is 1. The lowest BCUT2D eigenvalue weighted by molar-refractivity contribution is -0.122. The van der Waals surface area contributed by atoms with E-state index in [-0.39, 0.29) is 24.0 Å². The number of benzene rings is 1. The molecule has 0 spiro atoms. The van der Waals surface area contributed by atoms with E-state index in [4.69, 9.17) is 10.5 Å². The van der Waals surface area contributed by atoms with E-state index >= 15 is 0 Å². The van der Waals surface area contributed by atoms with Gasteiger partial charge in [0.1, 0.15) is 17.4 Å². The molecule has 1 amide bonds. The molecule has 112 valence electrons. The fraction of sp³-hybridized carbons (Fsp3) is 0.438. The summed E-state index contributed by atoms with van der Waals surface area (Å²) in [4.78, 5) is 27.2. The average molecular weight is 288 g/mol. The average Bonchev–Trinajstić information content (AvgIpc) is 2.48. The first-order valence-electron chi connectivity index (χ1n) is 7.28. The van der Waals surface area contributed by atoms with Crippen molar-refractivity contribution in [3.8, 4) is 5.75 Å². The van der Waals surface area contributed by atoms with Crippen molar-refractivity contribution in [2.75, 3.05) is 0 Å². The first-order valence-corrected chi connectivity index (χ1v) is 7.28. The van der Waals surface area contributed by atoms with E-state index < -0.39 is 6.09 Å². The van der Waals surface area contributed by atoms with Crippen LogP contribution in [0.4, 0.5) is 4.79 Å². The predicted molar refractivity (Wildman–Crippen MR) is 80.3 cm³/mol. The highest BCUT2D eigenvalue weighted by atomic mass is 16.5. The summed E-state index contributed by atoms with van der Waals surface area (Å²) in [6.45, 7) is 0. The fourth-order valence-electron chi connectivity index (χ4n) is 2.52. The number of hydrogen-bond acceptors (Lipinski definition) is 3. The molecule has 5 heteroatoms. The summed E-state index contributed by atoms with van der Waals surface area (Å²) >= 11 is 0. The van der Waals surface area contributed by atoms with Gasteiger partial charge >= 0.3 is 6.09 Å². The molecule has 1 saturated carbocycles. The third-order valence-corrected chi connectivity index (χ3v) is 3.60. The largest absolute Gasteiger partial charge is 0.440 e. The van der Waals surface area contributed by atoms with E-state index in [1.165, 1.54) is 6.42 Å². The maximum Gasteiger partial charge on any atom is 0.440 e. The molecule has 2 N–H and O–H groups in total. The zero-order valence-electron chi connectivity index (χ0n) is 12.0. The van der Waals surface area contributed by atoms with Crippen molar-refractivity contribution < 1.29 is 14.3 Å². The number of nitrogens with two attached hydrogens (primary N) is 1. The van der Waals surface area contributed by atoms with Gasteiger partial charge in [0, 0.05) is 5.92 Å². The molecule has 1 fully saturated rings. The van der Waals surface area contributed by atoms with Crippen LogP contribution in [-0.4, -0.2) is 17.7 Å². The lowest BCUT2D eigenvalue weighted by Gasteiger charge is -2.19. The van der Waals surface area contributed by atoms with Crippen LogP contribution in [0.15, 0.2) is 35.3 Å². The van der Waals surface area contributed by atoms with Gasteiger partial charge in [-0.2, -0.15) is 4.99 Å². The lowest BCUT2D eigenvalue weighted by Crippen LogP contribution is -2.25. The van der Waals surface area contributed by atoms with Gasteiger partial charge < -0.3 is 10.5 Å². The van der Waals surface area contributed by atoms with Gasteiger partial charge in [-0.05, 0) is 25.0 Å². The lowest BCUT2D eigenvalue weighted by atomic mass is 9.85. The van der Waals surface area contributed by atoms with Gasteiger partial charge in [-0.25, -0.2) is 4.79 Å². The summed E-state index contributed by atoms with van der Waals surface area (Å²) in [5.41, 5.74) is 5.66. The number of nitrogens with zero attached hydrogens (tertiary/aromatic N) is 1. The number of hydrogen-bond donors (Lipinski definition) is 1. The van der Waals surface area contributed by atoms with E-state index in [2.05, 4.69) is 4.99 Å². The summed E-state index contributed by atoms with van der Waals surface area (Å²) in [5, 5.41) is 0. The summed E-state index contributed by atoms with van der Waals surface area (Å²) in [7, 11) is 0. The minimum absolute atomic E-state index is 0.0199. The van der Waals surface area contributed by atoms with Crippen LogP contribution >= 0.6 is 0 Å². The quantitative estimate of drug-likeness (QED) is 0.681. The summed E-state index contributed by atoms with van der Waals surface area (Å²) in [6, 6.07) is 8.62. The highest BCUT2D eigenvalue weighted by Gasteiger charge is 2.21. The molecular weight excluding hydrogens is 268 g/mol. The molecule has 0 radical (unpaired) electrons. The van der Waals surface area contributed by atoms with Crippen LogP contribution in [0.25, 0.3) is 0 Å². The van der Waals surface area contributed by atoms with Crippen LogP contribution in [0.2, 0.25) is 0 Å². The monoisotopic (exact) mass is 288 g/mol. The van der Waals surface area contributed by atoms with Crippen molar-refractivity contribution in [3.05, 3.63) is 30.3 Å². The number of ketones is 1. The second-order valence-electron chi connectivity index (χ2n) is 5.26. The second kappa shape index (κ2) is 7.57. The number of Topliss-reactive ketones (excluding diaryl/α,β-unsaturated/α-hetero) is 1. The van der Waals surface area contributed by atoms with Crippen LogP contribution in [-0.2, 0) is 4.79 Å². The van der Waals surface area contributed by atoms with Crippen molar-refractivity contribution in [3.63, 3.8) is 0 Å². The molecule has 1 aromatic carbocycles. The molecule has 0 unspecified atom stereocenters. The first-order chi connectivity index (χ1) is 10.1. The molecule has 1 aliphatic carbocycles. The second-order valence-corrected chi connectivity index (χ2v) is 5.26. The molecule has 0 aromatic heterocycles. The summed E-state index contributed by atoms with van der Waals surface area (Å²) in [6.07, 6.45) is 4.43. The number of aliphatic imine (C=N–C) groups is 1. The Kier molecular flexibility index (Phi) is 5.49. The third kappa shape index (κ3) is 5.02. The van der Waals surface area contributed by atoms with Crippen LogP contribution in [0.5, 0.6) is 5.75 Å². The zero-order valence-corrected chi connectivity index (χ0v) is 12.0. The van der Waals surface area contributed by atoms with Gasteiger partial charge in [-0.15, -0.1) is 0 Å². The highest BCUT2D eigenvalue weighted by molar-refractivity contribution is 6.04. The number of carbonyl (C=O) groups is 2. The molecular formula is C16H20N2O3. The van der Waals surface area contributed by atoms with Crippen LogP contribution < -0.4 is 10.5 Å². The Morgan fingerprint density at radius 1 is 1.14 bits per heavy atom. The Labute approximate surface area is 124 Å². The Bertz CT molecular complexity index is 520. The highest BCUT2D eigenvalue weighted by Crippen LogP contribution is 2.25. The Morgan fingerprint density at radius 2 is 1.81 bits per heavy atom. The molecule has 1 aromatic rings. The van der Waals surface area contributed by atoms with E-state index in [0.717, 1.165) is 25.7 Å². The minimum Gasteiger partial charge on any atom is -0.409 e. The molecule has 0 heterocycles. The van der Waals surface area contributed by atoms with Crippen LogP contribution in [0.1, 0.15) is 38.5 Å². The van der Waals surface area contributed by atoms with Crippen LogP contribution in [0.3, 0.4) is 0 Å².